The first-order valence-corrected chi connectivity index (χ1v) is 7.04. The van der Waals surface area contributed by atoms with E-state index in [0.29, 0.717) is 6.54 Å². The lowest BCUT2D eigenvalue weighted by Crippen LogP contribution is -2.46. The van der Waals surface area contributed by atoms with Gasteiger partial charge in [0.1, 0.15) is 0 Å². The molecule has 1 aromatic rings. The van der Waals surface area contributed by atoms with Gasteiger partial charge in [0.15, 0.2) is 0 Å². The molecule has 2 atom stereocenters. The van der Waals surface area contributed by atoms with Gasteiger partial charge < -0.3 is 5.11 Å². The molecule has 104 valence electrons. The van der Waals surface area contributed by atoms with E-state index in [2.05, 4.69) is 11.8 Å². The number of hydrogen-bond acceptors (Lipinski definition) is 2. The Balaban J connectivity index is 2.18. The number of benzene rings is 1. The van der Waals surface area contributed by atoms with E-state index >= 15 is 0 Å². The number of carbonyl (C=O) groups is 1. The van der Waals surface area contributed by atoms with Crippen LogP contribution in [0.1, 0.15) is 38.3 Å². The summed E-state index contributed by atoms with van der Waals surface area (Å²) in [5.41, 5.74) is 0.423. The second kappa shape index (κ2) is 5.51. The number of halogens is 1. The Labute approximate surface area is 119 Å². The normalized spacial score (nSPS) is 26.1. The SMILES string of the molecule is CC(c1ccccc1Cl)N1CCCC(C)(C(=O)O)C1. The van der Waals surface area contributed by atoms with Gasteiger partial charge in [0.05, 0.1) is 5.41 Å². The number of rotatable bonds is 3. The Kier molecular flexibility index (Phi) is 4.16. The lowest BCUT2D eigenvalue weighted by molar-refractivity contribution is -0.151. The molecule has 1 saturated heterocycles. The summed E-state index contributed by atoms with van der Waals surface area (Å²) >= 11 is 6.23. The zero-order valence-corrected chi connectivity index (χ0v) is 12.2. The van der Waals surface area contributed by atoms with Crippen LogP contribution in [-0.4, -0.2) is 29.1 Å². The first-order chi connectivity index (χ1) is 8.94. The van der Waals surface area contributed by atoms with Crippen LogP contribution >= 0.6 is 11.6 Å². The molecule has 0 aromatic heterocycles. The minimum absolute atomic E-state index is 0.146. The number of likely N-dealkylation sites (tertiary alicyclic amines) is 1. The topological polar surface area (TPSA) is 40.5 Å². The summed E-state index contributed by atoms with van der Waals surface area (Å²) in [6.45, 7) is 5.43. The Bertz CT molecular complexity index is 477. The van der Waals surface area contributed by atoms with Gasteiger partial charge in [-0.15, -0.1) is 0 Å². The number of aliphatic carboxylic acids is 1. The quantitative estimate of drug-likeness (QED) is 0.920. The molecule has 2 rings (SSSR count). The number of nitrogens with zero attached hydrogens (tertiary/aromatic N) is 1. The minimum Gasteiger partial charge on any atom is -0.481 e. The Morgan fingerprint density at radius 1 is 1.47 bits per heavy atom. The predicted octanol–water partition coefficient (Wildman–Crippen LogP) is 3.59. The van der Waals surface area contributed by atoms with Crippen molar-refractivity contribution in [3.63, 3.8) is 0 Å². The summed E-state index contributed by atoms with van der Waals surface area (Å²) in [4.78, 5) is 13.6. The second-order valence-electron chi connectivity index (χ2n) is 5.64. The molecule has 0 amide bonds. The maximum absolute atomic E-state index is 11.4. The lowest BCUT2D eigenvalue weighted by atomic mass is 9.81. The van der Waals surface area contributed by atoms with Crippen molar-refractivity contribution in [1.29, 1.82) is 0 Å². The molecule has 1 aromatic carbocycles. The molecule has 19 heavy (non-hydrogen) atoms. The molecule has 3 nitrogen and oxygen atoms in total. The summed E-state index contributed by atoms with van der Waals surface area (Å²) in [6, 6.07) is 7.93. The third-order valence-corrected chi connectivity index (χ3v) is 4.49. The highest BCUT2D eigenvalue weighted by atomic mass is 35.5. The van der Waals surface area contributed by atoms with Crippen LogP contribution in [0, 0.1) is 5.41 Å². The van der Waals surface area contributed by atoms with Gasteiger partial charge >= 0.3 is 5.97 Å². The lowest BCUT2D eigenvalue weighted by Gasteiger charge is -2.41. The van der Waals surface area contributed by atoms with E-state index in [4.69, 9.17) is 11.6 Å². The molecule has 0 bridgehead atoms. The molecule has 1 N–H and O–H groups in total. The second-order valence-corrected chi connectivity index (χ2v) is 6.04. The summed E-state index contributed by atoms with van der Waals surface area (Å²) in [6.07, 6.45) is 1.66. The van der Waals surface area contributed by atoms with Crippen molar-refractivity contribution < 1.29 is 9.90 Å². The molecule has 1 aliphatic heterocycles. The van der Waals surface area contributed by atoms with E-state index in [9.17, 15) is 9.90 Å². The van der Waals surface area contributed by atoms with Crippen LogP contribution in [0.3, 0.4) is 0 Å². The molecule has 4 heteroatoms. The van der Waals surface area contributed by atoms with E-state index in [0.717, 1.165) is 30.0 Å². The van der Waals surface area contributed by atoms with Crippen LogP contribution in [0.25, 0.3) is 0 Å². The van der Waals surface area contributed by atoms with Crippen molar-refractivity contribution in [3.8, 4) is 0 Å². The van der Waals surface area contributed by atoms with Crippen LogP contribution in [0.2, 0.25) is 5.02 Å². The molecule has 0 radical (unpaired) electrons. The van der Waals surface area contributed by atoms with Crippen LogP contribution in [-0.2, 0) is 4.79 Å². The minimum atomic E-state index is -0.705. The Morgan fingerprint density at radius 2 is 2.16 bits per heavy atom. The van der Waals surface area contributed by atoms with E-state index in [1.54, 1.807) is 0 Å². The number of piperidine rings is 1. The maximum atomic E-state index is 11.4. The standard InChI is InChI=1S/C15H20ClNO2/c1-11(12-6-3-4-7-13(12)16)17-9-5-8-15(2,10-17)14(18)19/h3-4,6-7,11H,5,8-10H2,1-2H3,(H,18,19). The molecule has 1 fully saturated rings. The molecular weight excluding hydrogens is 262 g/mol. The van der Waals surface area contributed by atoms with Crippen molar-refractivity contribution in [3.05, 3.63) is 34.9 Å². The molecule has 1 aliphatic rings. The van der Waals surface area contributed by atoms with Gasteiger partial charge in [-0.2, -0.15) is 0 Å². The molecule has 0 aliphatic carbocycles. The molecule has 2 unspecified atom stereocenters. The van der Waals surface area contributed by atoms with Crippen LogP contribution in [0.4, 0.5) is 0 Å². The molecule has 0 saturated carbocycles. The molecule has 1 heterocycles. The highest BCUT2D eigenvalue weighted by Gasteiger charge is 2.39. The highest BCUT2D eigenvalue weighted by Crippen LogP contribution is 2.35. The van der Waals surface area contributed by atoms with Crippen molar-refractivity contribution in [2.45, 2.75) is 32.7 Å². The summed E-state index contributed by atoms with van der Waals surface area (Å²) < 4.78 is 0. The van der Waals surface area contributed by atoms with E-state index < -0.39 is 11.4 Å². The maximum Gasteiger partial charge on any atom is 0.310 e. The van der Waals surface area contributed by atoms with Crippen molar-refractivity contribution in [2.75, 3.05) is 13.1 Å². The average Bonchev–Trinajstić information content (AvgIpc) is 2.38. The number of carboxylic acid groups (broad SMARTS) is 1. The van der Waals surface area contributed by atoms with Gasteiger partial charge in [-0.3, -0.25) is 9.69 Å². The first-order valence-electron chi connectivity index (χ1n) is 6.66. The van der Waals surface area contributed by atoms with Gasteiger partial charge in [0.25, 0.3) is 0 Å². The van der Waals surface area contributed by atoms with Crippen LogP contribution < -0.4 is 0 Å². The summed E-state index contributed by atoms with van der Waals surface area (Å²) in [5.74, 6) is -0.705. The Morgan fingerprint density at radius 3 is 2.79 bits per heavy atom. The van der Waals surface area contributed by atoms with E-state index in [1.807, 2.05) is 31.2 Å². The van der Waals surface area contributed by atoms with Gasteiger partial charge in [0, 0.05) is 17.6 Å². The van der Waals surface area contributed by atoms with E-state index in [1.165, 1.54) is 0 Å². The van der Waals surface area contributed by atoms with Crippen molar-refractivity contribution in [1.82, 2.24) is 4.90 Å². The fraction of sp³-hybridized carbons (Fsp3) is 0.533. The molecular formula is C15H20ClNO2. The third kappa shape index (κ3) is 2.93. The van der Waals surface area contributed by atoms with E-state index in [-0.39, 0.29) is 6.04 Å². The van der Waals surface area contributed by atoms with Gasteiger partial charge in [0.2, 0.25) is 0 Å². The summed E-state index contributed by atoms with van der Waals surface area (Å²) in [7, 11) is 0. The summed E-state index contributed by atoms with van der Waals surface area (Å²) in [5, 5.41) is 10.1. The zero-order valence-electron chi connectivity index (χ0n) is 11.4. The van der Waals surface area contributed by atoms with Crippen LogP contribution in [0.15, 0.2) is 24.3 Å². The number of hydrogen-bond donors (Lipinski definition) is 1. The van der Waals surface area contributed by atoms with Crippen LogP contribution in [0.5, 0.6) is 0 Å². The highest BCUT2D eigenvalue weighted by molar-refractivity contribution is 6.31. The fourth-order valence-electron chi connectivity index (χ4n) is 2.79. The van der Waals surface area contributed by atoms with Gasteiger partial charge in [-0.1, -0.05) is 29.8 Å². The molecule has 0 spiro atoms. The number of carboxylic acids is 1. The average molecular weight is 282 g/mol. The monoisotopic (exact) mass is 281 g/mol. The zero-order chi connectivity index (χ0) is 14.0. The van der Waals surface area contributed by atoms with Gasteiger partial charge in [-0.25, -0.2) is 0 Å². The third-order valence-electron chi connectivity index (χ3n) is 4.15. The fourth-order valence-corrected chi connectivity index (χ4v) is 3.09. The smallest absolute Gasteiger partial charge is 0.310 e. The van der Waals surface area contributed by atoms with Gasteiger partial charge in [-0.05, 0) is 44.9 Å². The Hall–Kier alpha value is -1.06. The first kappa shape index (κ1) is 14.4. The van der Waals surface area contributed by atoms with Crippen molar-refractivity contribution in [2.24, 2.45) is 5.41 Å². The van der Waals surface area contributed by atoms with Crippen molar-refractivity contribution >= 4 is 17.6 Å². The largest absolute Gasteiger partial charge is 0.481 e. The predicted molar refractivity (Wildman–Crippen MR) is 76.4 cm³/mol.